The van der Waals surface area contributed by atoms with Crippen LogP contribution in [0.1, 0.15) is 52.9 Å². The van der Waals surface area contributed by atoms with E-state index >= 15 is 0 Å². The van der Waals surface area contributed by atoms with Crippen LogP contribution in [-0.4, -0.2) is 13.1 Å². The van der Waals surface area contributed by atoms with Crippen LogP contribution in [0, 0.1) is 23.2 Å². The average molecular weight is 209 g/mol. The molecule has 0 unspecified atom stereocenters. The molecule has 2 aliphatic rings. The van der Waals surface area contributed by atoms with Crippen LogP contribution in [-0.2, 0) is 0 Å². The van der Waals surface area contributed by atoms with Gasteiger partial charge in [0.1, 0.15) is 0 Å². The second-order valence-electron chi connectivity index (χ2n) is 6.85. The molecule has 0 aromatic carbocycles. The van der Waals surface area contributed by atoms with Crippen molar-refractivity contribution in [1.29, 1.82) is 0 Å². The molecule has 0 radical (unpaired) electrons. The lowest BCUT2D eigenvalue weighted by Crippen LogP contribution is -2.28. The molecular weight excluding hydrogens is 182 g/mol. The highest BCUT2D eigenvalue weighted by Gasteiger charge is 2.40. The third-order valence-electron chi connectivity index (χ3n) is 3.89. The van der Waals surface area contributed by atoms with Gasteiger partial charge in [0.15, 0.2) is 0 Å². The van der Waals surface area contributed by atoms with Crippen molar-refractivity contribution in [2.45, 2.75) is 52.9 Å². The summed E-state index contributed by atoms with van der Waals surface area (Å²) in [7, 11) is 0. The summed E-state index contributed by atoms with van der Waals surface area (Å²) in [5.41, 5.74) is 0.488. The number of rotatable bonds is 6. The van der Waals surface area contributed by atoms with E-state index in [2.05, 4.69) is 26.1 Å². The van der Waals surface area contributed by atoms with Gasteiger partial charge in [-0.25, -0.2) is 0 Å². The summed E-state index contributed by atoms with van der Waals surface area (Å²) >= 11 is 0. The second kappa shape index (κ2) is 4.45. The van der Waals surface area contributed by atoms with Crippen LogP contribution in [0.25, 0.3) is 0 Å². The van der Waals surface area contributed by atoms with Crippen molar-refractivity contribution in [2.75, 3.05) is 13.1 Å². The zero-order valence-electron chi connectivity index (χ0n) is 10.7. The lowest BCUT2D eigenvalue weighted by Gasteiger charge is -2.20. The highest BCUT2D eigenvalue weighted by molar-refractivity contribution is 4.92. The standard InChI is InChI=1S/C14H27N/c1-14(2,3)8-9-15-10-13(11-4-5-11)12-6-7-12/h11-13,15H,4-10H2,1-3H3. The van der Waals surface area contributed by atoms with Crippen molar-refractivity contribution in [3.63, 3.8) is 0 Å². The molecule has 0 heterocycles. The first-order valence-corrected chi connectivity index (χ1v) is 6.77. The van der Waals surface area contributed by atoms with Crippen LogP contribution in [0.5, 0.6) is 0 Å². The topological polar surface area (TPSA) is 12.0 Å². The molecular formula is C14H27N. The van der Waals surface area contributed by atoms with Gasteiger partial charge in [-0.05, 0) is 68.4 Å². The summed E-state index contributed by atoms with van der Waals surface area (Å²) in [5, 5.41) is 3.68. The maximum atomic E-state index is 3.68. The molecule has 88 valence electrons. The van der Waals surface area contributed by atoms with E-state index < -0.39 is 0 Å². The summed E-state index contributed by atoms with van der Waals surface area (Å²) in [5.74, 6) is 3.23. The first kappa shape index (κ1) is 11.4. The number of hydrogen-bond acceptors (Lipinski definition) is 1. The monoisotopic (exact) mass is 209 g/mol. The van der Waals surface area contributed by atoms with Crippen LogP contribution in [0.3, 0.4) is 0 Å². The smallest absolute Gasteiger partial charge is 0.00152 e. The predicted octanol–water partition coefficient (Wildman–Crippen LogP) is 3.45. The lowest BCUT2D eigenvalue weighted by atomic mass is 9.92. The molecule has 0 amide bonds. The lowest BCUT2D eigenvalue weighted by molar-refractivity contribution is 0.336. The van der Waals surface area contributed by atoms with Gasteiger partial charge in [0.25, 0.3) is 0 Å². The van der Waals surface area contributed by atoms with Gasteiger partial charge in [0, 0.05) is 0 Å². The zero-order chi connectivity index (χ0) is 10.9. The van der Waals surface area contributed by atoms with Crippen LogP contribution in [0.4, 0.5) is 0 Å². The summed E-state index contributed by atoms with van der Waals surface area (Å²) < 4.78 is 0. The molecule has 1 heteroatoms. The van der Waals surface area contributed by atoms with Crippen LogP contribution >= 0.6 is 0 Å². The fraction of sp³-hybridized carbons (Fsp3) is 1.00. The Morgan fingerprint density at radius 1 is 1.07 bits per heavy atom. The average Bonchev–Trinajstić information content (AvgIpc) is 2.98. The minimum absolute atomic E-state index is 0.488. The van der Waals surface area contributed by atoms with Gasteiger partial charge in [-0.15, -0.1) is 0 Å². The van der Waals surface area contributed by atoms with Gasteiger partial charge in [-0.1, -0.05) is 20.8 Å². The molecule has 2 fully saturated rings. The minimum Gasteiger partial charge on any atom is -0.316 e. The van der Waals surface area contributed by atoms with Crippen molar-refractivity contribution in [2.24, 2.45) is 23.2 Å². The first-order valence-electron chi connectivity index (χ1n) is 6.77. The van der Waals surface area contributed by atoms with E-state index in [1.807, 2.05) is 0 Å². The highest BCUT2D eigenvalue weighted by Crippen LogP contribution is 2.48. The third kappa shape index (κ3) is 4.14. The Bertz CT molecular complexity index is 184. The fourth-order valence-electron chi connectivity index (χ4n) is 2.50. The van der Waals surface area contributed by atoms with Gasteiger partial charge in [0.2, 0.25) is 0 Å². The number of nitrogens with one attached hydrogen (secondary N) is 1. The second-order valence-corrected chi connectivity index (χ2v) is 6.85. The van der Waals surface area contributed by atoms with Gasteiger partial charge >= 0.3 is 0 Å². The quantitative estimate of drug-likeness (QED) is 0.661. The third-order valence-corrected chi connectivity index (χ3v) is 3.89. The van der Waals surface area contributed by atoms with Gasteiger partial charge < -0.3 is 5.32 Å². The SMILES string of the molecule is CC(C)(C)CCNCC(C1CC1)C1CC1. The normalized spacial score (nSPS) is 22.4. The largest absolute Gasteiger partial charge is 0.316 e. The van der Waals surface area contributed by atoms with E-state index in [1.54, 1.807) is 0 Å². The molecule has 0 aromatic rings. The van der Waals surface area contributed by atoms with Crippen molar-refractivity contribution < 1.29 is 0 Å². The Kier molecular flexibility index (Phi) is 3.39. The van der Waals surface area contributed by atoms with E-state index in [9.17, 15) is 0 Å². The van der Waals surface area contributed by atoms with Crippen LogP contribution in [0.15, 0.2) is 0 Å². The molecule has 1 nitrogen and oxygen atoms in total. The van der Waals surface area contributed by atoms with E-state index in [0.29, 0.717) is 5.41 Å². The fourth-order valence-corrected chi connectivity index (χ4v) is 2.50. The van der Waals surface area contributed by atoms with E-state index in [4.69, 9.17) is 0 Å². The van der Waals surface area contributed by atoms with Gasteiger partial charge in [-0.3, -0.25) is 0 Å². The Labute approximate surface area is 95.0 Å². The van der Waals surface area contributed by atoms with Crippen LogP contribution in [0.2, 0.25) is 0 Å². The molecule has 2 rings (SSSR count). The molecule has 1 N–H and O–H groups in total. The predicted molar refractivity (Wildman–Crippen MR) is 65.9 cm³/mol. The van der Waals surface area contributed by atoms with E-state index in [0.717, 1.165) is 17.8 Å². The van der Waals surface area contributed by atoms with Gasteiger partial charge in [-0.2, -0.15) is 0 Å². The molecule has 2 saturated carbocycles. The summed E-state index contributed by atoms with van der Waals surface area (Å²) in [4.78, 5) is 0. The summed E-state index contributed by atoms with van der Waals surface area (Å²) in [6.07, 6.45) is 7.36. The molecule has 2 aliphatic carbocycles. The highest BCUT2D eigenvalue weighted by atomic mass is 14.9. The number of hydrogen-bond donors (Lipinski definition) is 1. The molecule has 15 heavy (non-hydrogen) atoms. The molecule has 0 saturated heterocycles. The van der Waals surface area contributed by atoms with Gasteiger partial charge in [0.05, 0.1) is 0 Å². The zero-order valence-corrected chi connectivity index (χ0v) is 10.7. The molecule has 0 spiro atoms. The maximum absolute atomic E-state index is 3.68. The van der Waals surface area contributed by atoms with E-state index in [1.165, 1.54) is 45.2 Å². The first-order chi connectivity index (χ1) is 7.06. The Morgan fingerprint density at radius 2 is 1.60 bits per heavy atom. The Balaban J connectivity index is 1.59. The molecule has 0 bridgehead atoms. The van der Waals surface area contributed by atoms with Crippen molar-refractivity contribution in [3.05, 3.63) is 0 Å². The van der Waals surface area contributed by atoms with Crippen LogP contribution < -0.4 is 5.32 Å². The van der Waals surface area contributed by atoms with E-state index in [-0.39, 0.29) is 0 Å². The van der Waals surface area contributed by atoms with Crippen molar-refractivity contribution in [3.8, 4) is 0 Å². The molecule has 0 aliphatic heterocycles. The summed E-state index contributed by atoms with van der Waals surface area (Å²) in [6.45, 7) is 9.49. The minimum atomic E-state index is 0.488. The summed E-state index contributed by atoms with van der Waals surface area (Å²) in [6, 6.07) is 0. The maximum Gasteiger partial charge on any atom is -0.00152 e. The molecule has 0 aromatic heterocycles. The molecule has 0 atom stereocenters. The van der Waals surface area contributed by atoms with Crippen molar-refractivity contribution >= 4 is 0 Å². The Morgan fingerprint density at radius 3 is 2.00 bits per heavy atom. The van der Waals surface area contributed by atoms with Crippen molar-refractivity contribution in [1.82, 2.24) is 5.32 Å². The Hall–Kier alpha value is -0.0400.